The van der Waals surface area contributed by atoms with Crippen molar-refractivity contribution in [3.63, 3.8) is 0 Å². The van der Waals surface area contributed by atoms with E-state index in [1.54, 1.807) is 6.26 Å². The fourth-order valence-corrected chi connectivity index (χ4v) is 3.08. The fourth-order valence-electron chi connectivity index (χ4n) is 3.08. The molecule has 1 heterocycles. The van der Waals surface area contributed by atoms with Crippen LogP contribution < -0.4 is 5.32 Å². The highest BCUT2D eigenvalue weighted by Gasteiger charge is 2.27. The number of nitrogens with one attached hydrogen (secondary N) is 1. The first-order valence-electron chi connectivity index (χ1n) is 8.55. The van der Waals surface area contributed by atoms with Crippen LogP contribution in [0, 0.1) is 12.8 Å². The first-order chi connectivity index (χ1) is 11.2. The van der Waals surface area contributed by atoms with Crippen molar-refractivity contribution in [3.05, 3.63) is 35.7 Å². The van der Waals surface area contributed by atoms with Crippen LogP contribution in [0.15, 0.2) is 28.9 Å². The molecule has 0 saturated heterocycles. The SMILES string of the molecule is Cc1ccc(NC(=O)CC2CCC2)cc1-c1nc(C2CC2)co1. The summed E-state index contributed by atoms with van der Waals surface area (Å²) >= 11 is 0. The zero-order valence-corrected chi connectivity index (χ0v) is 13.5. The Kier molecular flexibility index (Phi) is 3.68. The summed E-state index contributed by atoms with van der Waals surface area (Å²) in [5, 5.41) is 3.01. The Balaban J connectivity index is 1.51. The molecule has 1 aromatic heterocycles. The molecule has 0 radical (unpaired) electrons. The van der Waals surface area contributed by atoms with Gasteiger partial charge in [-0.1, -0.05) is 12.5 Å². The van der Waals surface area contributed by atoms with Crippen LogP contribution in [0.25, 0.3) is 11.5 Å². The third-order valence-corrected chi connectivity index (χ3v) is 4.97. The van der Waals surface area contributed by atoms with E-state index in [1.807, 2.05) is 25.1 Å². The minimum atomic E-state index is 0.107. The summed E-state index contributed by atoms with van der Waals surface area (Å²) in [6.45, 7) is 2.04. The molecule has 1 aromatic carbocycles. The first-order valence-corrected chi connectivity index (χ1v) is 8.55. The van der Waals surface area contributed by atoms with E-state index in [0.717, 1.165) is 22.5 Å². The maximum atomic E-state index is 12.1. The van der Waals surface area contributed by atoms with Gasteiger partial charge in [0, 0.05) is 23.6 Å². The summed E-state index contributed by atoms with van der Waals surface area (Å²) < 4.78 is 5.66. The van der Waals surface area contributed by atoms with Crippen LogP contribution in [-0.2, 0) is 4.79 Å². The molecule has 0 unspecified atom stereocenters. The van der Waals surface area contributed by atoms with Crippen LogP contribution in [-0.4, -0.2) is 10.9 Å². The third-order valence-electron chi connectivity index (χ3n) is 4.97. The lowest BCUT2D eigenvalue weighted by molar-refractivity contribution is -0.117. The molecule has 1 amide bonds. The smallest absolute Gasteiger partial charge is 0.226 e. The average Bonchev–Trinajstić information content (AvgIpc) is 3.23. The monoisotopic (exact) mass is 310 g/mol. The van der Waals surface area contributed by atoms with Gasteiger partial charge in [0.2, 0.25) is 11.8 Å². The molecule has 0 aliphatic heterocycles. The number of nitrogens with zero attached hydrogens (tertiary/aromatic N) is 1. The van der Waals surface area contributed by atoms with Crippen LogP contribution in [0.5, 0.6) is 0 Å². The molecule has 1 N–H and O–H groups in total. The van der Waals surface area contributed by atoms with Gasteiger partial charge in [-0.3, -0.25) is 4.79 Å². The molecule has 2 aliphatic rings. The molecule has 120 valence electrons. The van der Waals surface area contributed by atoms with Gasteiger partial charge < -0.3 is 9.73 Å². The minimum absolute atomic E-state index is 0.107. The Bertz CT molecular complexity index is 727. The molecule has 2 aliphatic carbocycles. The lowest BCUT2D eigenvalue weighted by Crippen LogP contribution is -2.20. The van der Waals surface area contributed by atoms with E-state index in [2.05, 4.69) is 10.3 Å². The number of aromatic nitrogens is 1. The standard InChI is InChI=1S/C19H22N2O2/c1-12-5-8-15(20-18(22)9-13-3-2-4-13)10-16(12)19-21-17(11-23-19)14-6-7-14/h5,8,10-11,13-14H,2-4,6-7,9H2,1H3,(H,20,22). The second-order valence-electron chi connectivity index (χ2n) is 6.93. The zero-order chi connectivity index (χ0) is 15.8. The molecule has 4 rings (SSSR count). The third kappa shape index (κ3) is 3.16. The van der Waals surface area contributed by atoms with Crippen molar-refractivity contribution in [3.8, 4) is 11.5 Å². The number of benzene rings is 1. The normalized spacial score (nSPS) is 17.8. The summed E-state index contributed by atoms with van der Waals surface area (Å²) in [6, 6.07) is 5.92. The highest BCUT2D eigenvalue weighted by Crippen LogP contribution is 2.40. The van der Waals surface area contributed by atoms with Gasteiger partial charge in [-0.2, -0.15) is 0 Å². The number of carbonyl (C=O) groups is 1. The zero-order valence-electron chi connectivity index (χ0n) is 13.5. The maximum absolute atomic E-state index is 12.1. The molecule has 0 atom stereocenters. The van der Waals surface area contributed by atoms with E-state index in [0.29, 0.717) is 24.1 Å². The average molecular weight is 310 g/mol. The Morgan fingerprint density at radius 1 is 1.30 bits per heavy atom. The van der Waals surface area contributed by atoms with Crippen molar-refractivity contribution in [1.29, 1.82) is 0 Å². The molecule has 2 saturated carbocycles. The van der Waals surface area contributed by atoms with Gasteiger partial charge >= 0.3 is 0 Å². The second kappa shape index (κ2) is 5.84. The molecule has 0 bridgehead atoms. The lowest BCUT2D eigenvalue weighted by atomic mass is 9.83. The van der Waals surface area contributed by atoms with Crippen molar-refractivity contribution < 1.29 is 9.21 Å². The van der Waals surface area contributed by atoms with Crippen molar-refractivity contribution in [2.75, 3.05) is 5.32 Å². The summed E-state index contributed by atoms with van der Waals surface area (Å²) in [5.41, 5.74) is 3.93. The summed E-state index contributed by atoms with van der Waals surface area (Å²) in [4.78, 5) is 16.7. The number of oxazole rings is 1. The summed E-state index contributed by atoms with van der Waals surface area (Å²) in [5.74, 6) is 1.92. The van der Waals surface area contributed by atoms with E-state index in [9.17, 15) is 4.79 Å². The highest BCUT2D eigenvalue weighted by atomic mass is 16.3. The molecule has 23 heavy (non-hydrogen) atoms. The van der Waals surface area contributed by atoms with E-state index in [4.69, 9.17) is 4.42 Å². The van der Waals surface area contributed by atoms with Gasteiger partial charge in [-0.05, 0) is 56.2 Å². The molecule has 4 nitrogen and oxygen atoms in total. The van der Waals surface area contributed by atoms with Crippen molar-refractivity contribution in [2.24, 2.45) is 5.92 Å². The Morgan fingerprint density at radius 2 is 2.13 bits per heavy atom. The van der Waals surface area contributed by atoms with E-state index < -0.39 is 0 Å². The lowest BCUT2D eigenvalue weighted by Gasteiger charge is -2.24. The number of rotatable bonds is 5. The van der Waals surface area contributed by atoms with Gasteiger partial charge in [-0.25, -0.2) is 4.98 Å². The number of aryl methyl sites for hydroxylation is 1. The van der Waals surface area contributed by atoms with Gasteiger partial charge in [0.1, 0.15) is 6.26 Å². The van der Waals surface area contributed by atoms with E-state index in [-0.39, 0.29) is 5.91 Å². The van der Waals surface area contributed by atoms with Crippen LogP contribution in [0.3, 0.4) is 0 Å². The van der Waals surface area contributed by atoms with Crippen molar-refractivity contribution in [2.45, 2.75) is 51.4 Å². The van der Waals surface area contributed by atoms with Gasteiger partial charge in [0.25, 0.3) is 0 Å². The maximum Gasteiger partial charge on any atom is 0.226 e. The van der Waals surface area contributed by atoms with Gasteiger partial charge in [-0.15, -0.1) is 0 Å². The number of carbonyl (C=O) groups excluding carboxylic acids is 1. The van der Waals surface area contributed by atoms with Crippen LogP contribution >= 0.6 is 0 Å². The summed E-state index contributed by atoms with van der Waals surface area (Å²) in [7, 11) is 0. The van der Waals surface area contributed by atoms with Crippen LogP contribution in [0.2, 0.25) is 0 Å². The topological polar surface area (TPSA) is 55.1 Å². The quantitative estimate of drug-likeness (QED) is 0.874. The fraction of sp³-hybridized carbons (Fsp3) is 0.474. The number of hydrogen-bond acceptors (Lipinski definition) is 3. The van der Waals surface area contributed by atoms with E-state index >= 15 is 0 Å². The van der Waals surface area contributed by atoms with Crippen LogP contribution in [0.1, 0.15) is 55.7 Å². The molecule has 0 spiro atoms. The molecule has 2 aromatic rings. The Morgan fingerprint density at radius 3 is 2.83 bits per heavy atom. The number of amides is 1. The summed E-state index contributed by atoms with van der Waals surface area (Å²) in [6.07, 6.45) is 8.46. The van der Waals surface area contributed by atoms with Crippen molar-refractivity contribution >= 4 is 11.6 Å². The predicted molar refractivity (Wildman–Crippen MR) is 89.2 cm³/mol. The van der Waals surface area contributed by atoms with Crippen LogP contribution in [0.4, 0.5) is 5.69 Å². The Labute approximate surface area is 136 Å². The minimum Gasteiger partial charge on any atom is -0.444 e. The predicted octanol–water partition coefficient (Wildman–Crippen LogP) is 4.66. The molecular formula is C19H22N2O2. The number of anilines is 1. The second-order valence-corrected chi connectivity index (χ2v) is 6.93. The number of hydrogen-bond donors (Lipinski definition) is 1. The highest BCUT2D eigenvalue weighted by molar-refractivity contribution is 5.91. The molecule has 2 fully saturated rings. The van der Waals surface area contributed by atoms with Gasteiger partial charge in [0.05, 0.1) is 5.69 Å². The first kappa shape index (κ1) is 14.5. The van der Waals surface area contributed by atoms with Gasteiger partial charge in [0.15, 0.2) is 0 Å². The molecular weight excluding hydrogens is 288 g/mol. The Hall–Kier alpha value is -2.10. The van der Waals surface area contributed by atoms with E-state index in [1.165, 1.54) is 32.1 Å². The molecule has 4 heteroatoms. The van der Waals surface area contributed by atoms with Crippen molar-refractivity contribution in [1.82, 2.24) is 4.98 Å². The largest absolute Gasteiger partial charge is 0.444 e.